The molecule has 7 rings (SSSR count). The van der Waals surface area contributed by atoms with Gasteiger partial charge in [0.15, 0.2) is 5.82 Å². The molecule has 1 saturated heterocycles. The van der Waals surface area contributed by atoms with Gasteiger partial charge in [0.25, 0.3) is 5.91 Å². The highest BCUT2D eigenvalue weighted by Gasteiger charge is 2.34. The summed E-state index contributed by atoms with van der Waals surface area (Å²) < 4.78 is 12.2. The van der Waals surface area contributed by atoms with Crippen LogP contribution >= 0.6 is 33.9 Å². The van der Waals surface area contributed by atoms with Gasteiger partial charge in [0.1, 0.15) is 27.5 Å². The zero-order valence-electron chi connectivity index (χ0n) is 23.5. The van der Waals surface area contributed by atoms with Gasteiger partial charge in [0.05, 0.1) is 30.0 Å². The van der Waals surface area contributed by atoms with Crippen molar-refractivity contribution < 1.29 is 19.1 Å². The summed E-state index contributed by atoms with van der Waals surface area (Å²) in [4.78, 5) is 40.8. The molecule has 1 fully saturated rings. The van der Waals surface area contributed by atoms with Gasteiger partial charge in [-0.05, 0) is 59.7 Å². The van der Waals surface area contributed by atoms with Gasteiger partial charge in [-0.3, -0.25) is 9.69 Å². The molecule has 222 valence electrons. The highest BCUT2D eigenvalue weighted by atomic mass is 127. The number of halogens is 1. The summed E-state index contributed by atoms with van der Waals surface area (Å²) >= 11 is 3.58. The second-order valence-corrected chi connectivity index (χ2v) is 12.1. The third-order valence-electron chi connectivity index (χ3n) is 7.50. The fourth-order valence-corrected chi connectivity index (χ4v) is 7.02. The van der Waals surface area contributed by atoms with Gasteiger partial charge in [0.2, 0.25) is 0 Å². The first-order chi connectivity index (χ1) is 21.6. The molecule has 3 aromatic carbocycles. The summed E-state index contributed by atoms with van der Waals surface area (Å²) in [6, 6.07) is 22.3. The third-order valence-corrected chi connectivity index (χ3v) is 9.42. The summed E-state index contributed by atoms with van der Waals surface area (Å²) in [5.74, 6) is 1.46. The number of nitrogens with zero attached hydrogens (tertiary/aromatic N) is 4. The van der Waals surface area contributed by atoms with Gasteiger partial charge in [-0.25, -0.2) is 19.7 Å². The van der Waals surface area contributed by atoms with E-state index in [1.807, 2.05) is 42.5 Å². The lowest BCUT2D eigenvalue weighted by Crippen LogP contribution is -2.35. The molecule has 0 aliphatic carbocycles. The quantitative estimate of drug-likeness (QED) is 0.129. The normalized spacial score (nSPS) is 14.8. The zero-order valence-corrected chi connectivity index (χ0v) is 26.4. The third kappa shape index (κ3) is 5.73. The number of alkyl halides is 1. The van der Waals surface area contributed by atoms with Crippen LogP contribution in [0.4, 0.5) is 27.7 Å². The predicted molar refractivity (Wildman–Crippen MR) is 180 cm³/mol. The lowest BCUT2D eigenvalue weighted by atomic mass is 10.1. The molecule has 4 heterocycles. The van der Waals surface area contributed by atoms with Crippen molar-refractivity contribution in [2.45, 2.75) is 11.0 Å². The summed E-state index contributed by atoms with van der Waals surface area (Å²) in [6.07, 6.45) is 1.41. The topological polar surface area (TPSA) is 109 Å². The first-order valence-electron chi connectivity index (χ1n) is 14.1. The van der Waals surface area contributed by atoms with E-state index in [1.165, 1.54) is 33.7 Å². The zero-order chi connectivity index (χ0) is 30.0. The van der Waals surface area contributed by atoms with Gasteiger partial charge in [-0.15, -0.1) is 11.3 Å². The maximum atomic E-state index is 13.6. The van der Waals surface area contributed by atoms with Crippen LogP contribution in [0.25, 0.3) is 10.2 Å². The minimum Gasteiger partial charge on any atom is -0.457 e. The van der Waals surface area contributed by atoms with Gasteiger partial charge in [-0.1, -0.05) is 46.9 Å². The molecule has 3 amide bonds. The largest absolute Gasteiger partial charge is 0.457 e. The molecule has 0 atom stereocenters. The first kappa shape index (κ1) is 28.6. The molecule has 2 aliphatic rings. The van der Waals surface area contributed by atoms with Crippen molar-refractivity contribution in [2.24, 2.45) is 0 Å². The number of aromatic nitrogens is 2. The number of benzene rings is 3. The van der Waals surface area contributed by atoms with Gasteiger partial charge < -0.3 is 20.1 Å². The van der Waals surface area contributed by atoms with E-state index in [0.717, 1.165) is 43.0 Å². The number of hydrogen-bond acceptors (Lipinski definition) is 8. The Balaban J connectivity index is 1.13. The van der Waals surface area contributed by atoms with Crippen LogP contribution in [0.3, 0.4) is 0 Å². The highest BCUT2D eigenvalue weighted by molar-refractivity contribution is 14.1. The van der Waals surface area contributed by atoms with Crippen molar-refractivity contribution in [1.29, 1.82) is 0 Å². The minimum atomic E-state index is -0.415. The number of hydrogen-bond donors (Lipinski definition) is 2. The number of ether oxygens (including phenoxy) is 2. The van der Waals surface area contributed by atoms with E-state index >= 15 is 0 Å². The molecule has 0 spiro atoms. The number of urea groups is 1. The molecule has 0 bridgehead atoms. The molecule has 2 aromatic heterocycles. The van der Waals surface area contributed by atoms with Gasteiger partial charge in [0, 0.05) is 29.7 Å². The lowest BCUT2D eigenvalue weighted by Gasteiger charge is -2.27. The number of rotatable bonds is 8. The Labute approximate surface area is 271 Å². The maximum Gasteiger partial charge on any atom is 0.332 e. The van der Waals surface area contributed by atoms with Crippen molar-refractivity contribution in [1.82, 2.24) is 14.9 Å². The van der Waals surface area contributed by atoms with Crippen LogP contribution in [0.15, 0.2) is 79.1 Å². The van der Waals surface area contributed by atoms with E-state index in [-0.39, 0.29) is 5.91 Å². The van der Waals surface area contributed by atoms with Crippen LogP contribution < -0.4 is 20.3 Å². The van der Waals surface area contributed by atoms with Crippen LogP contribution in [0.1, 0.15) is 20.8 Å². The summed E-state index contributed by atoms with van der Waals surface area (Å²) in [6.45, 7) is 4.18. The van der Waals surface area contributed by atoms with Crippen molar-refractivity contribution in [2.75, 3.05) is 41.8 Å². The number of thiophene rings is 1. The second-order valence-electron chi connectivity index (χ2n) is 10.3. The van der Waals surface area contributed by atoms with E-state index in [0.29, 0.717) is 43.7 Å². The van der Waals surface area contributed by atoms with Crippen LogP contribution in [-0.4, -0.2) is 53.1 Å². The SMILES string of the molecule is O=C(Nc1ccc(CN2CCOCC2)c(CI)c1)c1sc2ncnc3c2c1NC(=O)N3c1ccc(Oc2ccccc2)cc1. The molecular formula is C32H27IN6O4S. The van der Waals surface area contributed by atoms with Crippen LogP contribution in [0.2, 0.25) is 0 Å². The molecule has 0 saturated carbocycles. The Hall–Kier alpha value is -4.11. The molecule has 2 aliphatic heterocycles. The van der Waals surface area contributed by atoms with E-state index in [2.05, 4.69) is 54.2 Å². The fourth-order valence-electron chi connectivity index (χ4n) is 5.32. The minimum absolute atomic E-state index is 0.314. The predicted octanol–water partition coefficient (Wildman–Crippen LogP) is 7.19. The van der Waals surface area contributed by atoms with E-state index in [4.69, 9.17) is 9.47 Å². The van der Waals surface area contributed by atoms with Crippen LogP contribution in [0, 0.1) is 0 Å². The number of carbonyl (C=O) groups excluding carboxylic acids is 2. The number of amides is 3. The van der Waals surface area contributed by atoms with Crippen LogP contribution in [-0.2, 0) is 15.7 Å². The monoisotopic (exact) mass is 718 g/mol. The Morgan fingerprint density at radius 1 is 1.00 bits per heavy atom. The number of morpholine rings is 1. The smallest absolute Gasteiger partial charge is 0.332 e. The van der Waals surface area contributed by atoms with Crippen LogP contribution in [0.5, 0.6) is 11.5 Å². The van der Waals surface area contributed by atoms with Crippen molar-refractivity contribution >= 4 is 79.0 Å². The molecule has 10 nitrogen and oxygen atoms in total. The molecule has 0 radical (unpaired) electrons. The molecule has 5 aromatic rings. The molecule has 2 N–H and O–H groups in total. The Bertz CT molecular complexity index is 1840. The molecule has 44 heavy (non-hydrogen) atoms. The van der Waals surface area contributed by atoms with Crippen molar-refractivity contribution in [3.63, 3.8) is 0 Å². The summed E-state index contributed by atoms with van der Waals surface area (Å²) in [5.41, 5.74) is 4.13. The summed E-state index contributed by atoms with van der Waals surface area (Å²) in [7, 11) is 0. The lowest BCUT2D eigenvalue weighted by molar-refractivity contribution is 0.0341. The number of anilines is 4. The Kier molecular flexibility index (Phi) is 8.12. The first-order valence-corrected chi connectivity index (χ1v) is 16.4. The average molecular weight is 719 g/mol. The second kappa shape index (κ2) is 12.5. The summed E-state index contributed by atoms with van der Waals surface area (Å²) in [5, 5.41) is 6.59. The number of nitrogens with one attached hydrogen (secondary N) is 2. The Morgan fingerprint density at radius 2 is 1.77 bits per heavy atom. The number of carbonyl (C=O) groups is 2. The molecular weight excluding hydrogens is 691 g/mol. The van der Waals surface area contributed by atoms with Crippen molar-refractivity contribution in [3.8, 4) is 11.5 Å². The van der Waals surface area contributed by atoms with Crippen molar-refractivity contribution in [3.05, 3.63) is 95.1 Å². The Morgan fingerprint density at radius 3 is 2.55 bits per heavy atom. The maximum absolute atomic E-state index is 13.6. The van der Waals surface area contributed by atoms with E-state index in [1.54, 1.807) is 24.3 Å². The van der Waals surface area contributed by atoms with Gasteiger partial charge >= 0.3 is 6.03 Å². The standard InChI is InChI=1S/C32H27IN6O4S/c33-17-21-16-22(7-6-20(21)18-38-12-14-42-15-13-38)36-30(40)28-27-26-29(34-19-35-31(26)44-28)39(32(41)37-27)23-8-10-25(11-9-23)43-24-4-2-1-3-5-24/h1-11,16,19H,12-15,17-18H2,(H,36,40)(H,37,41). The average Bonchev–Trinajstić information content (AvgIpc) is 3.43. The van der Waals surface area contributed by atoms with E-state index in [9.17, 15) is 9.59 Å². The fraction of sp³-hybridized carbons (Fsp3) is 0.188. The number of para-hydroxylation sites is 1. The highest BCUT2D eigenvalue weighted by Crippen LogP contribution is 2.45. The van der Waals surface area contributed by atoms with Gasteiger partial charge in [-0.2, -0.15) is 0 Å². The van der Waals surface area contributed by atoms with E-state index < -0.39 is 6.03 Å². The molecule has 12 heteroatoms. The molecule has 0 unspecified atom stereocenters.